The molecule has 0 radical (unpaired) electrons. The molecule has 10 nitrogen and oxygen atoms in total. The zero-order chi connectivity index (χ0) is 25.8. The second kappa shape index (κ2) is 9.13. The highest BCUT2D eigenvalue weighted by Crippen LogP contribution is 2.54. The highest BCUT2D eigenvalue weighted by atomic mass is 32.2. The zero-order valence-electron chi connectivity index (χ0n) is 21.1. The number of fused-ring (bicyclic) bond motifs is 1. The molecule has 6 rings (SSSR count). The number of nitrogens with one attached hydrogen (secondary N) is 2. The van der Waals surface area contributed by atoms with E-state index < -0.39 is 16.6 Å². The molecule has 3 heterocycles. The van der Waals surface area contributed by atoms with Crippen molar-refractivity contribution in [2.75, 3.05) is 58.4 Å². The van der Waals surface area contributed by atoms with Crippen LogP contribution in [0.1, 0.15) is 48.2 Å². The van der Waals surface area contributed by atoms with Gasteiger partial charge in [0.1, 0.15) is 5.82 Å². The Hall–Kier alpha value is -2.92. The second-order valence-electron chi connectivity index (χ2n) is 11.2. The molecule has 0 unspecified atom stereocenters. The number of aliphatic hydroxyl groups is 1. The number of aliphatic hydroxyl groups excluding tert-OH is 1. The van der Waals surface area contributed by atoms with Gasteiger partial charge in [-0.2, -0.15) is 4.98 Å². The van der Waals surface area contributed by atoms with Gasteiger partial charge in [-0.05, 0) is 74.5 Å². The second-order valence-corrected chi connectivity index (χ2v) is 13.0. The van der Waals surface area contributed by atoms with Crippen LogP contribution >= 0.6 is 0 Å². The van der Waals surface area contributed by atoms with Crippen LogP contribution in [0.15, 0.2) is 24.3 Å². The Morgan fingerprint density at radius 3 is 2.49 bits per heavy atom. The predicted octanol–water partition coefficient (Wildman–Crippen LogP) is 2.61. The third-order valence-corrected chi connectivity index (χ3v) is 9.61. The van der Waals surface area contributed by atoms with Gasteiger partial charge in [-0.15, -0.1) is 0 Å². The van der Waals surface area contributed by atoms with Gasteiger partial charge in [0, 0.05) is 37.9 Å². The Morgan fingerprint density at radius 1 is 1.08 bits per heavy atom. The minimum absolute atomic E-state index is 0.292. The number of carbonyl (C=O) groups excluding carboxylic acids is 1. The van der Waals surface area contributed by atoms with Crippen molar-refractivity contribution in [2.45, 2.75) is 39.0 Å². The standard InChI is InChI=1S/C26H34N6O4S/c1-17-12-23(29-25(27-17)32-15-18-13-19(18)16-32)28-24(34)21-3-2-20(30-37(35,36)11-10-33)14-22(21)31-8-6-26(4-5-26)7-9-31/h2-3,12,14,18-19,30,33H,4-11,13,15-16H2,1H3,(H,27,28,29,34)/t18-,19+. The summed E-state index contributed by atoms with van der Waals surface area (Å²) in [6.07, 6.45) is 5.96. The molecule has 1 amide bonds. The third-order valence-electron chi connectivity index (χ3n) is 8.34. The SMILES string of the molecule is Cc1cc(NC(=O)c2ccc(NS(=O)(=O)CCO)cc2N2CCC3(CC2)CC3)nc(N2C[C@H]3C[C@H]3C2)n1. The van der Waals surface area contributed by atoms with Crippen molar-refractivity contribution in [1.29, 1.82) is 0 Å². The van der Waals surface area contributed by atoms with Gasteiger partial charge in [0.2, 0.25) is 16.0 Å². The smallest absolute Gasteiger partial charge is 0.258 e. The van der Waals surface area contributed by atoms with Gasteiger partial charge >= 0.3 is 0 Å². The summed E-state index contributed by atoms with van der Waals surface area (Å²) in [7, 11) is -3.68. The molecule has 1 aromatic heterocycles. The molecule has 3 N–H and O–H groups in total. The number of sulfonamides is 1. The topological polar surface area (TPSA) is 128 Å². The fourth-order valence-corrected chi connectivity index (χ4v) is 6.63. The lowest BCUT2D eigenvalue weighted by atomic mass is 9.93. The van der Waals surface area contributed by atoms with Crippen molar-refractivity contribution in [3.63, 3.8) is 0 Å². The molecule has 2 aliphatic carbocycles. The summed E-state index contributed by atoms with van der Waals surface area (Å²) >= 11 is 0. The summed E-state index contributed by atoms with van der Waals surface area (Å²) in [5.41, 5.74) is 2.80. The maximum absolute atomic E-state index is 13.5. The van der Waals surface area contributed by atoms with Gasteiger partial charge in [-0.1, -0.05) is 0 Å². The van der Waals surface area contributed by atoms with Crippen LogP contribution in [0.25, 0.3) is 0 Å². The van der Waals surface area contributed by atoms with E-state index in [0.29, 0.717) is 34.1 Å². The van der Waals surface area contributed by atoms with Gasteiger partial charge in [-0.25, -0.2) is 13.4 Å². The lowest BCUT2D eigenvalue weighted by molar-refractivity contribution is 0.102. The first-order valence-electron chi connectivity index (χ1n) is 13.1. The first kappa shape index (κ1) is 24.4. The maximum Gasteiger partial charge on any atom is 0.258 e. The van der Waals surface area contributed by atoms with E-state index in [-0.39, 0.29) is 11.7 Å². The summed E-state index contributed by atoms with van der Waals surface area (Å²) in [5.74, 6) is 1.93. The molecule has 1 spiro atoms. The molecule has 4 fully saturated rings. The number of rotatable bonds is 8. The molecule has 4 aliphatic rings. The summed E-state index contributed by atoms with van der Waals surface area (Å²) in [6, 6.07) is 6.74. The number of anilines is 4. The monoisotopic (exact) mass is 526 g/mol. The summed E-state index contributed by atoms with van der Waals surface area (Å²) in [6.45, 7) is 5.02. The Balaban J connectivity index is 1.25. The first-order chi connectivity index (χ1) is 17.7. The number of amides is 1. The van der Waals surface area contributed by atoms with Crippen molar-refractivity contribution in [3.05, 3.63) is 35.5 Å². The molecular weight excluding hydrogens is 492 g/mol. The normalized spacial score (nSPS) is 23.6. The zero-order valence-corrected chi connectivity index (χ0v) is 21.9. The largest absolute Gasteiger partial charge is 0.395 e. The molecule has 198 valence electrons. The fourth-order valence-electron chi connectivity index (χ4n) is 5.80. The van der Waals surface area contributed by atoms with Crippen LogP contribution in [-0.4, -0.2) is 67.9 Å². The van der Waals surface area contributed by atoms with Gasteiger partial charge in [0.25, 0.3) is 5.91 Å². The van der Waals surface area contributed by atoms with E-state index >= 15 is 0 Å². The van der Waals surface area contributed by atoms with Gasteiger partial charge in [-0.3, -0.25) is 9.52 Å². The number of aryl methyl sites for hydroxylation is 1. The number of hydrogen-bond acceptors (Lipinski definition) is 8. The molecule has 1 aromatic carbocycles. The van der Waals surface area contributed by atoms with Crippen molar-refractivity contribution in [1.82, 2.24) is 9.97 Å². The first-order valence-corrected chi connectivity index (χ1v) is 14.8. The Bertz CT molecular complexity index is 1310. The number of piperidine rings is 2. The summed E-state index contributed by atoms with van der Waals surface area (Å²) < 4.78 is 27.0. The number of nitrogens with zero attached hydrogens (tertiary/aromatic N) is 4. The highest BCUT2D eigenvalue weighted by Gasteiger charge is 2.46. The fraction of sp³-hybridized carbons (Fsp3) is 0.577. The molecule has 37 heavy (non-hydrogen) atoms. The van der Waals surface area contributed by atoms with E-state index in [9.17, 15) is 13.2 Å². The lowest BCUT2D eigenvalue weighted by Crippen LogP contribution is -2.36. The molecular formula is C26H34N6O4S. The van der Waals surface area contributed by atoms with Crippen LogP contribution in [0.4, 0.5) is 23.1 Å². The van der Waals surface area contributed by atoms with Gasteiger partial charge < -0.3 is 20.2 Å². The summed E-state index contributed by atoms with van der Waals surface area (Å²) in [5, 5.41) is 12.0. The molecule has 2 aliphatic heterocycles. The van der Waals surface area contributed by atoms with E-state index in [1.54, 1.807) is 24.3 Å². The highest BCUT2D eigenvalue weighted by molar-refractivity contribution is 7.92. The van der Waals surface area contributed by atoms with E-state index in [1.165, 1.54) is 19.3 Å². The van der Waals surface area contributed by atoms with Gasteiger partial charge in [0.05, 0.1) is 29.3 Å². The van der Waals surface area contributed by atoms with E-state index in [4.69, 9.17) is 5.11 Å². The lowest BCUT2D eigenvalue weighted by Gasteiger charge is -2.35. The van der Waals surface area contributed by atoms with E-state index in [1.807, 2.05) is 6.92 Å². The molecule has 2 saturated carbocycles. The van der Waals surface area contributed by atoms with E-state index in [2.05, 4.69) is 29.8 Å². The van der Waals surface area contributed by atoms with Crippen LogP contribution in [0.5, 0.6) is 0 Å². The number of hydrogen-bond donors (Lipinski definition) is 3. The molecule has 11 heteroatoms. The molecule has 2 aromatic rings. The number of carbonyl (C=O) groups is 1. The minimum atomic E-state index is -3.68. The van der Waals surface area contributed by atoms with Crippen molar-refractivity contribution >= 4 is 39.1 Å². The average Bonchev–Trinajstić information content (AvgIpc) is 3.75. The summed E-state index contributed by atoms with van der Waals surface area (Å²) in [4.78, 5) is 27.1. The number of benzene rings is 1. The molecule has 2 saturated heterocycles. The van der Waals surface area contributed by atoms with Crippen LogP contribution < -0.4 is 19.8 Å². The van der Waals surface area contributed by atoms with Crippen LogP contribution in [-0.2, 0) is 10.0 Å². The quantitative estimate of drug-likeness (QED) is 0.479. The average molecular weight is 527 g/mol. The third kappa shape index (κ3) is 5.24. The van der Waals surface area contributed by atoms with E-state index in [0.717, 1.165) is 56.6 Å². The van der Waals surface area contributed by atoms with Crippen LogP contribution in [0, 0.1) is 24.2 Å². The minimum Gasteiger partial charge on any atom is -0.395 e. The van der Waals surface area contributed by atoms with Crippen LogP contribution in [0.2, 0.25) is 0 Å². The Labute approximate surface area is 217 Å². The molecule has 2 atom stereocenters. The number of aromatic nitrogens is 2. The van der Waals surface area contributed by atoms with Crippen molar-refractivity contribution in [3.8, 4) is 0 Å². The Kier molecular flexibility index (Phi) is 6.02. The predicted molar refractivity (Wildman–Crippen MR) is 143 cm³/mol. The Morgan fingerprint density at radius 2 is 1.81 bits per heavy atom. The maximum atomic E-state index is 13.5. The van der Waals surface area contributed by atoms with Crippen LogP contribution in [0.3, 0.4) is 0 Å². The van der Waals surface area contributed by atoms with Crippen molar-refractivity contribution in [2.24, 2.45) is 17.3 Å². The molecule has 0 bridgehead atoms. The van der Waals surface area contributed by atoms with Crippen molar-refractivity contribution < 1.29 is 18.3 Å². The van der Waals surface area contributed by atoms with Gasteiger partial charge in [0.15, 0.2) is 0 Å².